The zero-order chi connectivity index (χ0) is 15.0. The second kappa shape index (κ2) is 7.91. The Kier molecular flexibility index (Phi) is 6.53. The number of pyridine rings is 1. The van der Waals surface area contributed by atoms with Crippen LogP contribution in [0.2, 0.25) is 0 Å². The van der Waals surface area contributed by atoms with Gasteiger partial charge in [0.25, 0.3) is 0 Å². The Balaban J connectivity index is 2.22. The van der Waals surface area contributed by atoms with Gasteiger partial charge < -0.3 is 10.1 Å². The van der Waals surface area contributed by atoms with Crippen LogP contribution in [0.15, 0.2) is 22.8 Å². The van der Waals surface area contributed by atoms with Crippen molar-refractivity contribution < 1.29 is 9.53 Å². The molecule has 108 valence electrons. The van der Waals surface area contributed by atoms with Crippen LogP contribution in [0.4, 0.5) is 4.79 Å². The Morgan fingerprint density at radius 3 is 2.90 bits per heavy atom. The lowest BCUT2D eigenvalue weighted by Gasteiger charge is -2.19. The van der Waals surface area contributed by atoms with Crippen molar-refractivity contribution in [3.05, 3.63) is 28.5 Å². The molecule has 0 aliphatic heterocycles. The molecule has 0 saturated heterocycles. The van der Waals surface area contributed by atoms with Crippen molar-refractivity contribution in [2.75, 3.05) is 6.54 Å². The third-order valence-corrected chi connectivity index (χ3v) is 2.58. The van der Waals surface area contributed by atoms with E-state index in [-0.39, 0.29) is 6.09 Å². The number of alkyl carbamates (subject to hydrolysis) is 1. The summed E-state index contributed by atoms with van der Waals surface area (Å²) in [4.78, 5) is 15.5. The Hall–Kier alpha value is -1.54. The van der Waals surface area contributed by atoms with Gasteiger partial charge in [-0.3, -0.25) is 0 Å². The summed E-state index contributed by atoms with van der Waals surface area (Å²) in [6, 6.07) is 3.72. The minimum Gasteiger partial charge on any atom is -0.444 e. The van der Waals surface area contributed by atoms with Crippen LogP contribution in [-0.2, 0) is 4.74 Å². The topological polar surface area (TPSA) is 51.2 Å². The van der Waals surface area contributed by atoms with E-state index in [0.717, 1.165) is 16.6 Å². The van der Waals surface area contributed by atoms with Gasteiger partial charge >= 0.3 is 6.09 Å². The van der Waals surface area contributed by atoms with Crippen LogP contribution in [0.5, 0.6) is 0 Å². The summed E-state index contributed by atoms with van der Waals surface area (Å²) in [6.45, 7) is 6.06. The SMILES string of the molecule is CC(C)(C)OC(=O)NCCCC#Cc1cc(Br)ccn1. The number of hydrogen-bond donors (Lipinski definition) is 1. The zero-order valence-corrected chi connectivity index (χ0v) is 13.6. The van der Waals surface area contributed by atoms with E-state index in [1.807, 2.05) is 32.9 Å². The van der Waals surface area contributed by atoms with Crippen LogP contribution in [0.1, 0.15) is 39.3 Å². The summed E-state index contributed by atoms with van der Waals surface area (Å²) in [5.74, 6) is 6.00. The molecule has 1 aromatic heterocycles. The molecule has 1 N–H and O–H groups in total. The highest BCUT2D eigenvalue weighted by Crippen LogP contribution is 2.08. The average molecular weight is 339 g/mol. The predicted octanol–water partition coefficient (Wildman–Crippen LogP) is 3.50. The lowest BCUT2D eigenvalue weighted by molar-refractivity contribution is 0.0527. The molecule has 1 rings (SSSR count). The van der Waals surface area contributed by atoms with E-state index in [4.69, 9.17) is 4.74 Å². The van der Waals surface area contributed by atoms with Crippen molar-refractivity contribution >= 4 is 22.0 Å². The van der Waals surface area contributed by atoms with Gasteiger partial charge in [0, 0.05) is 23.6 Å². The number of rotatable bonds is 3. The maximum Gasteiger partial charge on any atom is 0.407 e. The number of nitrogens with one attached hydrogen (secondary N) is 1. The second-order valence-corrected chi connectivity index (χ2v) is 6.11. The first-order valence-corrected chi connectivity index (χ1v) is 7.23. The van der Waals surface area contributed by atoms with Gasteiger partial charge in [-0.05, 0) is 45.2 Å². The first-order chi connectivity index (χ1) is 9.37. The monoisotopic (exact) mass is 338 g/mol. The standard InChI is InChI=1S/C15H19BrN2O2/c1-15(2,3)20-14(19)18-9-6-4-5-7-13-11-12(16)8-10-17-13/h8,10-11H,4,6,9H2,1-3H3,(H,18,19). The predicted molar refractivity (Wildman–Crippen MR) is 82.3 cm³/mol. The van der Waals surface area contributed by atoms with E-state index in [1.165, 1.54) is 0 Å². The van der Waals surface area contributed by atoms with Crippen LogP contribution < -0.4 is 5.32 Å². The molecule has 0 fully saturated rings. The van der Waals surface area contributed by atoms with E-state index in [9.17, 15) is 4.79 Å². The largest absolute Gasteiger partial charge is 0.444 e. The van der Waals surface area contributed by atoms with Gasteiger partial charge in [0.05, 0.1) is 0 Å². The van der Waals surface area contributed by atoms with E-state index < -0.39 is 5.60 Å². The van der Waals surface area contributed by atoms with Crippen molar-refractivity contribution in [2.24, 2.45) is 0 Å². The van der Waals surface area contributed by atoms with E-state index >= 15 is 0 Å². The Labute approximate surface area is 128 Å². The Morgan fingerprint density at radius 2 is 2.25 bits per heavy atom. The minimum absolute atomic E-state index is 0.390. The minimum atomic E-state index is -0.462. The van der Waals surface area contributed by atoms with Crippen molar-refractivity contribution in [3.8, 4) is 11.8 Å². The maximum atomic E-state index is 11.4. The zero-order valence-electron chi connectivity index (χ0n) is 12.0. The summed E-state index contributed by atoms with van der Waals surface area (Å²) in [7, 11) is 0. The number of unbranched alkanes of at least 4 members (excludes halogenated alkanes) is 1. The molecule has 0 aliphatic rings. The van der Waals surface area contributed by atoms with Gasteiger partial charge in [-0.1, -0.05) is 21.9 Å². The molecule has 1 amide bonds. The molecule has 0 unspecified atom stereocenters. The highest BCUT2D eigenvalue weighted by Gasteiger charge is 2.15. The lowest BCUT2D eigenvalue weighted by Crippen LogP contribution is -2.32. The van der Waals surface area contributed by atoms with E-state index in [0.29, 0.717) is 13.0 Å². The molecule has 1 heterocycles. The first-order valence-electron chi connectivity index (χ1n) is 6.44. The van der Waals surface area contributed by atoms with Gasteiger partial charge in [-0.25, -0.2) is 9.78 Å². The highest BCUT2D eigenvalue weighted by molar-refractivity contribution is 9.10. The Morgan fingerprint density at radius 1 is 1.50 bits per heavy atom. The molecule has 0 aliphatic carbocycles. The smallest absolute Gasteiger partial charge is 0.407 e. The molecule has 5 heteroatoms. The molecule has 0 spiro atoms. The molecule has 0 bridgehead atoms. The molecule has 0 aromatic carbocycles. The quantitative estimate of drug-likeness (QED) is 0.677. The Bertz CT molecular complexity index is 513. The maximum absolute atomic E-state index is 11.4. The van der Waals surface area contributed by atoms with E-state index in [2.05, 4.69) is 38.1 Å². The van der Waals surface area contributed by atoms with Gasteiger partial charge in [0.1, 0.15) is 11.3 Å². The number of amides is 1. The van der Waals surface area contributed by atoms with Gasteiger partial charge in [0.2, 0.25) is 0 Å². The molecule has 20 heavy (non-hydrogen) atoms. The third-order valence-electron chi connectivity index (χ3n) is 2.09. The number of carbonyl (C=O) groups excluding carboxylic acids is 1. The summed E-state index contributed by atoms with van der Waals surface area (Å²) >= 11 is 3.37. The fourth-order valence-electron chi connectivity index (χ4n) is 1.31. The van der Waals surface area contributed by atoms with Gasteiger partial charge in [-0.2, -0.15) is 0 Å². The van der Waals surface area contributed by atoms with Crippen LogP contribution >= 0.6 is 15.9 Å². The van der Waals surface area contributed by atoms with Crippen molar-refractivity contribution in [3.63, 3.8) is 0 Å². The molecular formula is C15H19BrN2O2. The van der Waals surface area contributed by atoms with Crippen LogP contribution in [0, 0.1) is 11.8 Å². The van der Waals surface area contributed by atoms with Crippen molar-refractivity contribution in [2.45, 2.75) is 39.2 Å². The molecular weight excluding hydrogens is 320 g/mol. The fraction of sp³-hybridized carbons (Fsp3) is 0.467. The van der Waals surface area contributed by atoms with Crippen molar-refractivity contribution in [1.82, 2.24) is 10.3 Å². The number of nitrogens with zero attached hydrogens (tertiary/aromatic N) is 1. The van der Waals surface area contributed by atoms with Crippen molar-refractivity contribution in [1.29, 1.82) is 0 Å². The number of halogens is 1. The summed E-state index contributed by atoms with van der Waals surface area (Å²) in [5.41, 5.74) is 0.274. The number of hydrogen-bond acceptors (Lipinski definition) is 3. The highest BCUT2D eigenvalue weighted by atomic mass is 79.9. The summed E-state index contributed by atoms with van der Waals surface area (Å²) in [5, 5.41) is 2.69. The molecule has 0 radical (unpaired) electrons. The van der Waals surface area contributed by atoms with Crippen LogP contribution in [0.25, 0.3) is 0 Å². The summed E-state index contributed by atoms with van der Waals surface area (Å²) < 4.78 is 6.09. The second-order valence-electron chi connectivity index (χ2n) is 5.19. The van der Waals surface area contributed by atoms with Crippen LogP contribution in [-0.4, -0.2) is 23.2 Å². The van der Waals surface area contributed by atoms with Gasteiger partial charge in [0.15, 0.2) is 0 Å². The normalized spacial score (nSPS) is 10.4. The van der Waals surface area contributed by atoms with Gasteiger partial charge in [-0.15, -0.1) is 0 Å². The fourth-order valence-corrected chi connectivity index (χ4v) is 1.64. The molecule has 1 aromatic rings. The number of carbonyl (C=O) groups is 1. The summed E-state index contributed by atoms with van der Waals surface area (Å²) in [6.07, 6.45) is 2.79. The first kappa shape index (κ1) is 16.5. The third kappa shape index (κ3) is 7.80. The molecule has 4 nitrogen and oxygen atoms in total. The van der Waals surface area contributed by atoms with Crippen LogP contribution in [0.3, 0.4) is 0 Å². The lowest BCUT2D eigenvalue weighted by atomic mass is 10.2. The number of aromatic nitrogens is 1. The molecule has 0 saturated carbocycles. The average Bonchev–Trinajstić information content (AvgIpc) is 2.31. The van der Waals surface area contributed by atoms with E-state index in [1.54, 1.807) is 6.20 Å². The number of ether oxygens (including phenoxy) is 1. The molecule has 0 atom stereocenters.